The average molecular weight is 332 g/mol. The normalized spacial score (nSPS) is 12.0. The summed E-state index contributed by atoms with van der Waals surface area (Å²) < 4.78 is 24.8. The number of anilines is 1. The van der Waals surface area contributed by atoms with Crippen molar-refractivity contribution in [3.8, 4) is 0 Å². The molecule has 0 saturated heterocycles. The van der Waals surface area contributed by atoms with E-state index >= 15 is 0 Å². The van der Waals surface area contributed by atoms with Crippen LogP contribution in [0, 0.1) is 24.0 Å². The molecule has 2 aromatic rings. The molecule has 23 heavy (non-hydrogen) atoms. The minimum atomic E-state index is -4.19. The number of rotatable bonds is 5. The molecule has 0 aliphatic heterocycles. The van der Waals surface area contributed by atoms with Crippen LogP contribution in [-0.4, -0.2) is 13.3 Å². The van der Waals surface area contributed by atoms with E-state index < -0.39 is 19.8 Å². The number of nitro groups is 1. The van der Waals surface area contributed by atoms with Gasteiger partial charge in [-0.2, -0.15) is 0 Å². The minimum Gasteiger partial charge on any atom is -0.355 e. The molecule has 0 saturated carbocycles. The van der Waals surface area contributed by atoms with Crippen LogP contribution >= 0.6 is 0 Å². The van der Waals surface area contributed by atoms with E-state index in [1.54, 1.807) is 18.2 Å². The zero-order chi connectivity index (χ0) is 17.0. The molecule has 0 heterocycles. The van der Waals surface area contributed by atoms with Gasteiger partial charge in [-0.1, -0.05) is 30.3 Å². The van der Waals surface area contributed by atoms with Crippen molar-refractivity contribution < 1.29 is 13.3 Å². The molecule has 7 heteroatoms. The molecule has 0 aliphatic carbocycles. The average Bonchev–Trinajstić information content (AvgIpc) is 2.52. The maximum Gasteiger partial charge on any atom is 0.379 e. The van der Waals surface area contributed by atoms with Gasteiger partial charge in [-0.05, 0) is 43.2 Å². The molecule has 2 aromatic carbocycles. The first-order valence-electron chi connectivity index (χ1n) is 6.81. The number of benzene rings is 2. The van der Waals surface area contributed by atoms with Crippen LogP contribution in [0.3, 0.4) is 0 Å². The van der Waals surface area contributed by atoms with Crippen molar-refractivity contribution >= 4 is 15.5 Å². The van der Waals surface area contributed by atoms with E-state index in [-0.39, 0.29) is 4.90 Å². The van der Waals surface area contributed by atoms with Gasteiger partial charge in [0.05, 0.1) is 16.0 Å². The zero-order valence-electron chi connectivity index (χ0n) is 12.7. The Kier molecular flexibility index (Phi) is 4.80. The van der Waals surface area contributed by atoms with Crippen molar-refractivity contribution in [3.05, 3.63) is 81.0 Å². The van der Waals surface area contributed by atoms with Gasteiger partial charge in [0.25, 0.3) is 9.84 Å². The van der Waals surface area contributed by atoms with Gasteiger partial charge in [0, 0.05) is 5.69 Å². The zero-order valence-corrected chi connectivity index (χ0v) is 13.5. The van der Waals surface area contributed by atoms with E-state index in [1.165, 1.54) is 24.3 Å². The number of hydrogen-bond acceptors (Lipinski definition) is 5. The van der Waals surface area contributed by atoms with Crippen LogP contribution in [0.4, 0.5) is 5.69 Å². The summed E-state index contributed by atoms with van der Waals surface area (Å²) >= 11 is 0. The SMILES string of the molecule is Cc1cccc(N/C=C(\[N+](=O)[O-])S(=O)(=O)c2ccccc2)c1C. The van der Waals surface area contributed by atoms with Crippen LogP contribution in [0.5, 0.6) is 0 Å². The monoisotopic (exact) mass is 332 g/mol. The van der Waals surface area contributed by atoms with E-state index in [0.717, 1.165) is 17.3 Å². The van der Waals surface area contributed by atoms with Crippen molar-refractivity contribution in [1.29, 1.82) is 0 Å². The minimum absolute atomic E-state index is 0.120. The number of nitrogens with one attached hydrogen (secondary N) is 1. The smallest absolute Gasteiger partial charge is 0.355 e. The Balaban J connectivity index is 2.43. The van der Waals surface area contributed by atoms with Gasteiger partial charge >= 0.3 is 5.03 Å². The van der Waals surface area contributed by atoms with Crippen LogP contribution in [-0.2, 0) is 9.84 Å². The molecule has 0 amide bonds. The highest BCUT2D eigenvalue weighted by Crippen LogP contribution is 2.22. The third kappa shape index (κ3) is 3.57. The second kappa shape index (κ2) is 6.62. The Morgan fingerprint density at radius 1 is 1.09 bits per heavy atom. The van der Waals surface area contributed by atoms with Gasteiger partial charge in [0.15, 0.2) is 0 Å². The third-order valence-electron chi connectivity index (χ3n) is 3.46. The maximum absolute atomic E-state index is 12.4. The molecule has 0 fully saturated rings. The van der Waals surface area contributed by atoms with E-state index in [1.807, 2.05) is 19.9 Å². The molecule has 1 N–H and O–H groups in total. The quantitative estimate of drug-likeness (QED) is 0.670. The first-order chi connectivity index (χ1) is 10.8. The standard InChI is InChI=1S/C16H16N2O4S/c1-12-7-6-10-15(13(12)2)17-11-16(18(19)20)23(21,22)14-8-4-3-5-9-14/h3-11,17H,1-2H3/b16-11+. The molecule has 0 aliphatic rings. The van der Waals surface area contributed by atoms with Gasteiger partial charge in [-0.15, -0.1) is 0 Å². The Bertz CT molecular complexity index is 859. The fourth-order valence-electron chi connectivity index (χ4n) is 2.00. The molecule has 6 nitrogen and oxygen atoms in total. The Morgan fingerprint density at radius 2 is 1.74 bits per heavy atom. The van der Waals surface area contributed by atoms with E-state index in [2.05, 4.69) is 5.32 Å². The first-order valence-corrected chi connectivity index (χ1v) is 8.30. The van der Waals surface area contributed by atoms with Gasteiger partial charge in [-0.25, -0.2) is 8.42 Å². The first kappa shape index (κ1) is 16.7. The number of nitrogens with zero attached hydrogens (tertiary/aromatic N) is 1. The lowest BCUT2D eigenvalue weighted by atomic mass is 10.1. The molecule has 0 aromatic heterocycles. The van der Waals surface area contributed by atoms with Gasteiger partial charge in [0.2, 0.25) is 0 Å². The number of hydrogen-bond donors (Lipinski definition) is 1. The predicted octanol–water partition coefficient (Wildman–Crippen LogP) is 3.26. The highest BCUT2D eigenvalue weighted by atomic mass is 32.2. The van der Waals surface area contributed by atoms with Gasteiger partial charge < -0.3 is 5.32 Å². The molecule has 0 spiro atoms. The highest BCUT2D eigenvalue weighted by Gasteiger charge is 2.31. The number of sulfone groups is 1. The van der Waals surface area contributed by atoms with Crippen molar-refractivity contribution in [2.24, 2.45) is 0 Å². The molecule has 120 valence electrons. The van der Waals surface area contributed by atoms with Crippen LogP contribution in [0.2, 0.25) is 0 Å². The van der Waals surface area contributed by atoms with Crippen molar-refractivity contribution in [1.82, 2.24) is 0 Å². The van der Waals surface area contributed by atoms with Crippen LogP contribution in [0.25, 0.3) is 0 Å². The maximum atomic E-state index is 12.4. The van der Waals surface area contributed by atoms with Crippen molar-refractivity contribution in [2.75, 3.05) is 5.32 Å². The van der Waals surface area contributed by atoms with Crippen LogP contribution in [0.1, 0.15) is 11.1 Å². The summed E-state index contributed by atoms with van der Waals surface area (Å²) in [6, 6.07) is 12.7. The Hall–Kier alpha value is -2.67. The van der Waals surface area contributed by atoms with E-state index in [0.29, 0.717) is 5.69 Å². The van der Waals surface area contributed by atoms with Crippen molar-refractivity contribution in [3.63, 3.8) is 0 Å². The molecule has 0 atom stereocenters. The van der Waals surface area contributed by atoms with E-state index in [9.17, 15) is 18.5 Å². The summed E-state index contributed by atoms with van der Waals surface area (Å²) in [6.45, 7) is 3.75. The summed E-state index contributed by atoms with van der Waals surface area (Å²) in [4.78, 5) is 10.2. The second-order valence-electron chi connectivity index (χ2n) is 4.95. The fourth-order valence-corrected chi connectivity index (χ4v) is 3.16. The second-order valence-corrected chi connectivity index (χ2v) is 6.84. The van der Waals surface area contributed by atoms with Crippen LogP contribution in [0.15, 0.2) is 64.7 Å². The molecule has 0 unspecified atom stereocenters. The van der Waals surface area contributed by atoms with Crippen molar-refractivity contribution in [2.45, 2.75) is 18.7 Å². The molecule has 0 radical (unpaired) electrons. The van der Waals surface area contributed by atoms with E-state index in [4.69, 9.17) is 0 Å². The molecule has 2 rings (SSSR count). The summed E-state index contributed by atoms with van der Waals surface area (Å²) in [5.74, 6) is 0. The largest absolute Gasteiger partial charge is 0.379 e. The molecular formula is C16H16N2O4S. The van der Waals surface area contributed by atoms with Gasteiger partial charge in [-0.3, -0.25) is 10.1 Å². The third-order valence-corrected chi connectivity index (χ3v) is 5.17. The summed E-state index contributed by atoms with van der Waals surface area (Å²) in [5, 5.41) is 13.0. The topological polar surface area (TPSA) is 89.3 Å². The number of aryl methyl sites for hydroxylation is 1. The lowest BCUT2D eigenvalue weighted by Gasteiger charge is -2.08. The Labute approximate surface area is 134 Å². The molecule has 0 bridgehead atoms. The van der Waals surface area contributed by atoms with Gasteiger partial charge in [0.1, 0.15) is 0 Å². The fraction of sp³-hybridized carbons (Fsp3) is 0.125. The summed E-state index contributed by atoms with van der Waals surface area (Å²) in [7, 11) is -4.19. The molecular weight excluding hydrogens is 316 g/mol. The summed E-state index contributed by atoms with van der Waals surface area (Å²) in [5.41, 5.74) is 2.51. The lowest BCUT2D eigenvalue weighted by Crippen LogP contribution is -2.14. The summed E-state index contributed by atoms with van der Waals surface area (Å²) in [6.07, 6.45) is 0.921. The lowest BCUT2D eigenvalue weighted by molar-refractivity contribution is -0.411. The predicted molar refractivity (Wildman–Crippen MR) is 88.2 cm³/mol. The van der Waals surface area contributed by atoms with Crippen LogP contribution < -0.4 is 5.32 Å². The Morgan fingerprint density at radius 3 is 2.35 bits per heavy atom. The highest BCUT2D eigenvalue weighted by molar-refractivity contribution is 7.95.